The maximum Gasteiger partial charge on any atom is 0.389 e. The molecule has 0 radical (unpaired) electrons. The lowest BCUT2D eigenvalue weighted by atomic mass is 10.1. The lowest BCUT2D eigenvalue weighted by Crippen LogP contribution is -2.08. The van der Waals surface area contributed by atoms with E-state index in [1.165, 1.54) is 0 Å². The molecule has 0 aliphatic rings. The highest BCUT2D eigenvalue weighted by molar-refractivity contribution is 9.10. The molecule has 78 valence electrons. The van der Waals surface area contributed by atoms with Gasteiger partial charge in [0.05, 0.1) is 0 Å². The van der Waals surface area contributed by atoms with Gasteiger partial charge in [-0.15, -0.1) is 0 Å². The van der Waals surface area contributed by atoms with E-state index in [-0.39, 0.29) is 6.42 Å². The zero-order chi connectivity index (χ0) is 10.8. The van der Waals surface area contributed by atoms with Crippen LogP contribution in [0.25, 0.3) is 0 Å². The minimum absolute atomic E-state index is 0.0454. The third kappa shape index (κ3) is 4.13. The molecule has 0 unspecified atom stereocenters. The van der Waals surface area contributed by atoms with Crippen molar-refractivity contribution in [3.63, 3.8) is 0 Å². The molecule has 4 heteroatoms. The van der Waals surface area contributed by atoms with E-state index in [0.717, 1.165) is 10.0 Å². The number of aryl methyl sites for hydroxylation is 2. The Morgan fingerprint density at radius 3 is 2.36 bits per heavy atom. The third-order valence-corrected chi connectivity index (χ3v) is 2.26. The number of halogens is 4. The van der Waals surface area contributed by atoms with Gasteiger partial charge in [-0.3, -0.25) is 0 Å². The molecule has 0 aliphatic heterocycles. The number of benzene rings is 1. The fourth-order valence-corrected chi connectivity index (χ4v) is 1.90. The fourth-order valence-electron chi connectivity index (χ4n) is 1.24. The molecule has 1 aromatic carbocycles. The molecule has 0 aromatic heterocycles. The Morgan fingerprint density at radius 1 is 1.21 bits per heavy atom. The highest BCUT2D eigenvalue weighted by atomic mass is 79.9. The van der Waals surface area contributed by atoms with Gasteiger partial charge >= 0.3 is 6.18 Å². The van der Waals surface area contributed by atoms with Crippen LogP contribution in [0, 0.1) is 6.92 Å². The Morgan fingerprint density at radius 2 is 1.86 bits per heavy atom. The van der Waals surface area contributed by atoms with Crippen molar-refractivity contribution < 1.29 is 13.2 Å². The average Bonchev–Trinajstić information content (AvgIpc) is 1.97. The van der Waals surface area contributed by atoms with E-state index in [9.17, 15) is 13.2 Å². The summed E-state index contributed by atoms with van der Waals surface area (Å²) in [4.78, 5) is 0. The van der Waals surface area contributed by atoms with Gasteiger partial charge in [0.2, 0.25) is 0 Å². The van der Waals surface area contributed by atoms with Gasteiger partial charge in [-0.05, 0) is 36.6 Å². The first-order valence-electron chi connectivity index (χ1n) is 4.20. The number of hydrogen-bond acceptors (Lipinski definition) is 0. The Balaban J connectivity index is 2.68. The van der Waals surface area contributed by atoms with Crippen molar-refractivity contribution in [1.82, 2.24) is 0 Å². The van der Waals surface area contributed by atoms with Gasteiger partial charge in [-0.1, -0.05) is 22.0 Å². The average molecular weight is 267 g/mol. The van der Waals surface area contributed by atoms with E-state index >= 15 is 0 Å². The molecule has 0 N–H and O–H groups in total. The van der Waals surface area contributed by atoms with Gasteiger partial charge in [-0.2, -0.15) is 13.2 Å². The van der Waals surface area contributed by atoms with E-state index in [1.807, 2.05) is 13.0 Å². The topological polar surface area (TPSA) is 0 Å². The molecule has 0 saturated carbocycles. The van der Waals surface area contributed by atoms with Gasteiger partial charge in [-0.25, -0.2) is 0 Å². The highest BCUT2D eigenvalue weighted by Crippen LogP contribution is 2.23. The normalized spacial score (nSPS) is 11.8. The van der Waals surface area contributed by atoms with E-state index < -0.39 is 12.6 Å². The zero-order valence-electron chi connectivity index (χ0n) is 7.66. The lowest BCUT2D eigenvalue weighted by Gasteiger charge is -2.07. The van der Waals surface area contributed by atoms with Crippen LogP contribution in [0.3, 0.4) is 0 Å². The number of alkyl halides is 3. The monoisotopic (exact) mass is 266 g/mol. The van der Waals surface area contributed by atoms with Crippen LogP contribution in [-0.2, 0) is 6.42 Å². The van der Waals surface area contributed by atoms with E-state index in [0.29, 0.717) is 5.56 Å². The molecular weight excluding hydrogens is 257 g/mol. The fraction of sp³-hybridized carbons (Fsp3) is 0.400. The molecule has 0 spiro atoms. The van der Waals surface area contributed by atoms with Crippen LogP contribution in [0.2, 0.25) is 0 Å². The molecule has 0 nitrogen and oxygen atoms in total. The minimum atomic E-state index is -4.07. The van der Waals surface area contributed by atoms with Gasteiger partial charge < -0.3 is 0 Å². The molecule has 0 atom stereocenters. The van der Waals surface area contributed by atoms with E-state index in [1.54, 1.807) is 12.1 Å². The summed E-state index contributed by atoms with van der Waals surface area (Å²) in [5.74, 6) is 0. The van der Waals surface area contributed by atoms with E-state index in [2.05, 4.69) is 15.9 Å². The van der Waals surface area contributed by atoms with Crippen LogP contribution in [0.1, 0.15) is 17.5 Å². The predicted octanol–water partition coefficient (Wildman–Crippen LogP) is 4.25. The second kappa shape index (κ2) is 4.34. The summed E-state index contributed by atoms with van der Waals surface area (Å²) >= 11 is 3.25. The molecule has 0 aliphatic carbocycles. The molecule has 14 heavy (non-hydrogen) atoms. The van der Waals surface area contributed by atoms with Crippen molar-refractivity contribution in [2.75, 3.05) is 0 Å². The molecule has 0 amide bonds. The molecule has 1 rings (SSSR count). The molecule has 1 aromatic rings. The first-order valence-corrected chi connectivity index (χ1v) is 4.99. The second-order valence-corrected chi connectivity index (χ2v) is 4.17. The maximum atomic E-state index is 11.9. The molecule has 0 heterocycles. The molecular formula is C10H10BrF3. The molecule has 0 saturated heterocycles. The Bertz CT molecular complexity index is 297. The summed E-state index contributed by atoms with van der Waals surface area (Å²) in [6.45, 7) is 1.86. The van der Waals surface area contributed by atoms with Crippen molar-refractivity contribution in [2.24, 2.45) is 0 Å². The Labute approximate surface area is 89.3 Å². The summed E-state index contributed by atoms with van der Waals surface area (Å²) < 4.78 is 36.6. The van der Waals surface area contributed by atoms with Crippen molar-refractivity contribution in [3.8, 4) is 0 Å². The van der Waals surface area contributed by atoms with Crippen LogP contribution in [0.5, 0.6) is 0 Å². The number of hydrogen-bond donors (Lipinski definition) is 0. The summed E-state index contributed by atoms with van der Waals surface area (Å²) in [7, 11) is 0. The highest BCUT2D eigenvalue weighted by Gasteiger charge is 2.26. The van der Waals surface area contributed by atoms with Crippen LogP contribution in [0.15, 0.2) is 22.7 Å². The standard InChI is InChI=1S/C10H10BrF3/c1-7-4-8(6-9(11)5-7)2-3-10(12,13)14/h4-6H,2-3H2,1H3. The van der Waals surface area contributed by atoms with Gasteiger partial charge in [0.15, 0.2) is 0 Å². The molecule has 0 fully saturated rings. The maximum absolute atomic E-state index is 11.9. The van der Waals surface area contributed by atoms with Gasteiger partial charge in [0.25, 0.3) is 0 Å². The van der Waals surface area contributed by atoms with Crippen molar-refractivity contribution in [3.05, 3.63) is 33.8 Å². The first kappa shape index (κ1) is 11.6. The smallest absolute Gasteiger partial charge is 0.171 e. The SMILES string of the molecule is Cc1cc(Br)cc(CCC(F)(F)F)c1. The van der Waals surface area contributed by atoms with Crippen LogP contribution in [-0.4, -0.2) is 6.18 Å². The summed E-state index contributed by atoms with van der Waals surface area (Å²) in [5.41, 5.74) is 1.69. The predicted molar refractivity (Wildman–Crippen MR) is 53.3 cm³/mol. The quantitative estimate of drug-likeness (QED) is 0.751. The van der Waals surface area contributed by atoms with Crippen molar-refractivity contribution in [2.45, 2.75) is 25.9 Å². The van der Waals surface area contributed by atoms with Crippen LogP contribution >= 0.6 is 15.9 Å². The molecule has 0 bridgehead atoms. The van der Waals surface area contributed by atoms with Gasteiger partial charge in [0.1, 0.15) is 0 Å². The Hall–Kier alpha value is -0.510. The largest absolute Gasteiger partial charge is 0.389 e. The first-order chi connectivity index (χ1) is 6.37. The second-order valence-electron chi connectivity index (χ2n) is 3.25. The van der Waals surface area contributed by atoms with Crippen molar-refractivity contribution >= 4 is 15.9 Å². The Kier molecular flexibility index (Phi) is 3.59. The summed E-state index contributed by atoms with van der Waals surface area (Å²) in [6.07, 6.45) is -4.79. The lowest BCUT2D eigenvalue weighted by molar-refractivity contribution is -0.133. The van der Waals surface area contributed by atoms with E-state index in [4.69, 9.17) is 0 Å². The third-order valence-electron chi connectivity index (χ3n) is 1.80. The van der Waals surface area contributed by atoms with Crippen molar-refractivity contribution in [1.29, 1.82) is 0 Å². The van der Waals surface area contributed by atoms with Crippen LogP contribution in [0.4, 0.5) is 13.2 Å². The number of rotatable bonds is 2. The minimum Gasteiger partial charge on any atom is -0.171 e. The zero-order valence-corrected chi connectivity index (χ0v) is 9.24. The van der Waals surface area contributed by atoms with Gasteiger partial charge in [0, 0.05) is 10.9 Å². The summed E-state index contributed by atoms with van der Waals surface area (Å²) in [6, 6.07) is 5.37. The summed E-state index contributed by atoms with van der Waals surface area (Å²) in [5, 5.41) is 0. The van der Waals surface area contributed by atoms with Crippen LogP contribution < -0.4 is 0 Å².